The Hall–Kier alpha value is -4.12. The van der Waals surface area contributed by atoms with Gasteiger partial charge in [-0.05, 0) is 108 Å². The molecule has 11 nitrogen and oxygen atoms in total. The SMILES string of the molecule is Cc1ccc2cc1CNC(=O)[C@H](CCc1ccccc1)NC(=O)[C@@H](NCC(C)(C)NC(=O)OC(C)(C)C)CC(=O)N1CCCC(CCO2)C1. The highest BCUT2D eigenvalue weighted by Crippen LogP contribution is 2.23. The van der Waals surface area contributed by atoms with E-state index in [2.05, 4.69) is 21.3 Å². The molecule has 268 valence electrons. The fraction of sp³-hybridized carbons (Fsp3) is 0.579. The zero-order valence-electron chi connectivity index (χ0n) is 30.0. The van der Waals surface area contributed by atoms with E-state index >= 15 is 0 Å². The van der Waals surface area contributed by atoms with Gasteiger partial charge in [-0.15, -0.1) is 0 Å². The van der Waals surface area contributed by atoms with E-state index in [4.69, 9.17) is 9.47 Å². The number of ether oxygens (including phenoxy) is 2. The van der Waals surface area contributed by atoms with Crippen molar-refractivity contribution in [3.8, 4) is 5.75 Å². The number of rotatable bonds is 7. The molecule has 2 heterocycles. The summed E-state index contributed by atoms with van der Waals surface area (Å²) in [6.07, 6.45) is 2.96. The van der Waals surface area contributed by atoms with Crippen LogP contribution in [-0.4, -0.2) is 78.2 Å². The number of piperidine rings is 1. The normalized spacial score (nSPS) is 21.4. The van der Waals surface area contributed by atoms with Gasteiger partial charge in [0.2, 0.25) is 17.7 Å². The summed E-state index contributed by atoms with van der Waals surface area (Å²) < 4.78 is 11.6. The van der Waals surface area contributed by atoms with Gasteiger partial charge in [0.1, 0.15) is 17.4 Å². The minimum Gasteiger partial charge on any atom is -0.494 e. The largest absolute Gasteiger partial charge is 0.494 e. The van der Waals surface area contributed by atoms with Crippen molar-refractivity contribution in [3.05, 3.63) is 65.2 Å². The lowest BCUT2D eigenvalue weighted by atomic mass is 9.94. The van der Waals surface area contributed by atoms with Gasteiger partial charge in [-0.2, -0.15) is 0 Å². The predicted molar refractivity (Wildman–Crippen MR) is 189 cm³/mol. The average Bonchev–Trinajstić information content (AvgIpc) is 3.03. The molecule has 4 N–H and O–H groups in total. The number of alkyl carbamates (subject to hydrolysis) is 1. The molecule has 0 aromatic heterocycles. The monoisotopic (exact) mass is 677 g/mol. The molecule has 0 saturated carbocycles. The van der Waals surface area contributed by atoms with Gasteiger partial charge in [-0.3, -0.25) is 14.4 Å². The van der Waals surface area contributed by atoms with Crippen LogP contribution in [0.2, 0.25) is 0 Å². The molecule has 1 unspecified atom stereocenters. The van der Waals surface area contributed by atoms with Gasteiger partial charge < -0.3 is 35.6 Å². The number of nitrogens with zero attached hydrogens (tertiary/aromatic N) is 1. The first-order valence-corrected chi connectivity index (χ1v) is 17.5. The summed E-state index contributed by atoms with van der Waals surface area (Å²) in [5.41, 5.74) is 1.53. The van der Waals surface area contributed by atoms with Gasteiger partial charge in [0.25, 0.3) is 0 Å². The molecule has 0 aliphatic carbocycles. The summed E-state index contributed by atoms with van der Waals surface area (Å²) in [5, 5.41) is 12.1. The van der Waals surface area contributed by atoms with E-state index in [9.17, 15) is 19.2 Å². The van der Waals surface area contributed by atoms with E-state index in [1.165, 1.54) is 0 Å². The standard InChI is InChI=1S/C38H55N5O6/c1-26-14-16-30-21-29(26)23-39-34(45)31(17-15-27-11-8-7-9-12-27)41-35(46)32(40-25-38(5,6)42-36(47)49-37(2,3)4)22-33(44)43-19-10-13-28(24-43)18-20-48-30/h7-9,11-12,14,16,21,28,31-32,40H,10,13,15,17-20,22-25H2,1-6H3,(H,39,45)(H,41,46)(H,42,47)/t28?,31-,32-/m0/s1. The second-order valence-electron chi connectivity index (χ2n) is 15.0. The van der Waals surface area contributed by atoms with Crippen LogP contribution in [0.15, 0.2) is 48.5 Å². The van der Waals surface area contributed by atoms with Crippen molar-refractivity contribution in [3.63, 3.8) is 0 Å². The zero-order chi connectivity index (χ0) is 35.6. The Bertz CT molecular complexity index is 1440. The van der Waals surface area contributed by atoms with E-state index in [1.807, 2.05) is 74.2 Å². The van der Waals surface area contributed by atoms with Crippen molar-refractivity contribution in [2.24, 2.45) is 5.92 Å². The van der Waals surface area contributed by atoms with E-state index in [-0.39, 0.29) is 31.3 Å². The number of amides is 4. The highest BCUT2D eigenvalue weighted by molar-refractivity contribution is 5.92. The summed E-state index contributed by atoms with van der Waals surface area (Å²) in [7, 11) is 0. The third kappa shape index (κ3) is 12.4. The fourth-order valence-electron chi connectivity index (χ4n) is 6.16. The number of benzene rings is 2. The molecule has 49 heavy (non-hydrogen) atoms. The van der Waals surface area contributed by atoms with Crippen LogP contribution in [0.5, 0.6) is 5.75 Å². The van der Waals surface area contributed by atoms with Gasteiger partial charge in [0.05, 0.1) is 24.6 Å². The van der Waals surface area contributed by atoms with E-state index < -0.39 is 35.2 Å². The summed E-state index contributed by atoms with van der Waals surface area (Å²) in [6, 6.07) is 13.9. The maximum atomic E-state index is 14.1. The number of aryl methyl sites for hydroxylation is 2. The highest BCUT2D eigenvalue weighted by Gasteiger charge is 2.33. The van der Waals surface area contributed by atoms with Crippen LogP contribution in [0.1, 0.15) is 83.4 Å². The summed E-state index contributed by atoms with van der Waals surface area (Å²) >= 11 is 0. The zero-order valence-corrected chi connectivity index (χ0v) is 30.0. The molecular weight excluding hydrogens is 622 g/mol. The summed E-state index contributed by atoms with van der Waals surface area (Å²) in [6.45, 7) is 13.2. The number of carbonyl (C=O) groups is 4. The van der Waals surface area contributed by atoms with Crippen molar-refractivity contribution in [1.29, 1.82) is 0 Å². The summed E-state index contributed by atoms with van der Waals surface area (Å²) in [4.78, 5) is 55.9. The van der Waals surface area contributed by atoms with Crippen LogP contribution in [0.3, 0.4) is 0 Å². The van der Waals surface area contributed by atoms with Crippen molar-refractivity contribution in [2.45, 2.75) is 110 Å². The molecule has 0 radical (unpaired) electrons. The number of hydrogen-bond acceptors (Lipinski definition) is 7. The first-order chi connectivity index (χ1) is 23.2. The lowest BCUT2D eigenvalue weighted by Gasteiger charge is -2.35. The van der Waals surface area contributed by atoms with Crippen LogP contribution in [0, 0.1) is 12.8 Å². The molecule has 4 amide bonds. The Morgan fingerprint density at radius 3 is 2.51 bits per heavy atom. The maximum absolute atomic E-state index is 14.1. The van der Waals surface area contributed by atoms with Crippen LogP contribution >= 0.6 is 0 Å². The number of hydrogen-bond donors (Lipinski definition) is 4. The fourth-order valence-corrected chi connectivity index (χ4v) is 6.16. The first-order valence-electron chi connectivity index (χ1n) is 17.5. The van der Waals surface area contributed by atoms with Crippen LogP contribution in [-0.2, 0) is 32.1 Å². The molecule has 2 aromatic carbocycles. The second kappa shape index (κ2) is 17.0. The number of nitrogens with one attached hydrogen (secondary N) is 4. The Balaban J connectivity index is 1.58. The lowest BCUT2D eigenvalue weighted by molar-refractivity contribution is -0.137. The Kier molecular flexibility index (Phi) is 13.1. The van der Waals surface area contributed by atoms with E-state index in [0.29, 0.717) is 38.5 Å². The first kappa shape index (κ1) is 37.7. The highest BCUT2D eigenvalue weighted by atomic mass is 16.6. The third-order valence-corrected chi connectivity index (χ3v) is 8.96. The Labute approximate surface area is 291 Å². The van der Waals surface area contributed by atoms with Crippen LogP contribution < -0.4 is 26.0 Å². The number of fused-ring (bicyclic) bond motifs is 4. The Morgan fingerprint density at radius 2 is 1.78 bits per heavy atom. The van der Waals surface area contributed by atoms with Crippen molar-refractivity contribution < 1.29 is 28.7 Å². The lowest BCUT2D eigenvalue weighted by Crippen LogP contribution is -2.58. The topological polar surface area (TPSA) is 138 Å². The van der Waals surface area contributed by atoms with Crippen molar-refractivity contribution in [2.75, 3.05) is 26.2 Å². The molecule has 4 rings (SSSR count). The molecule has 2 aliphatic heterocycles. The van der Waals surface area contributed by atoms with Crippen molar-refractivity contribution >= 4 is 23.8 Å². The maximum Gasteiger partial charge on any atom is 0.408 e. The Morgan fingerprint density at radius 1 is 1.02 bits per heavy atom. The van der Waals surface area contributed by atoms with Gasteiger partial charge >= 0.3 is 6.09 Å². The molecule has 2 aromatic rings. The predicted octanol–water partition coefficient (Wildman–Crippen LogP) is 4.40. The van der Waals surface area contributed by atoms with Gasteiger partial charge in [0.15, 0.2) is 0 Å². The van der Waals surface area contributed by atoms with Crippen LogP contribution in [0.4, 0.5) is 4.79 Å². The minimum absolute atomic E-state index is 0.0889. The van der Waals surface area contributed by atoms with Gasteiger partial charge in [0, 0.05) is 26.2 Å². The summed E-state index contributed by atoms with van der Waals surface area (Å²) in [5.74, 6) is 0.139. The van der Waals surface area contributed by atoms with E-state index in [0.717, 1.165) is 41.7 Å². The molecule has 1 fully saturated rings. The quantitative estimate of drug-likeness (QED) is 0.341. The van der Waals surface area contributed by atoms with E-state index in [1.54, 1.807) is 20.8 Å². The molecule has 0 spiro atoms. The van der Waals surface area contributed by atoms with Crippen LogP contribution in [0.25, 0.3) is 0 Å². The smallest absolute Gasteiger partial charge is 0.408 e. The number of carbonyl (C=O) groups excluding carboxylic acids is 4. The van der Waals surface area contributed by atoms with Gasteiger partial charge in [-0.1, -0.05) is 36.4 Å². The third-order valence-electron chi connectivity index (χ3n) is 8.96. The molecule has 2 aliphatic rings. The molecular formula is C38H55N5O6. The second-order valence-corrected chi connectivity index (χ2v) is 15.0. The molecule has 11 heteroatoms. The average molecular weight is 678 g/mol. The minimum atomic E-state index is -0.944. The molecule has 3 atom stereocenters. The molecule has 4 bridgehead atoms. The van der Waals surface area contributed by atoms with Crippen molar-refractivity contribution in [1.82, 2.24) is 26.2 Å². The van der Waals surface area contributed by atoms with Gasteiger partial charge in [-0.25, -0.2) is 4.79 Å². The molecule has 1 saturated heterocycles.